The lowest BCUT2D eigenvalue weighted by molar-refractivity contribution is -0.138. The van der Waals surface area contributed by atoms with Crippen molar-refractivity contribution >= 4 is 24.4 Å². The summed E-state index contributed by atoms with van der Waals surface area (Å²) in [6.45, 7) is 5.53. The van der Waals surface area contributed by atoms with E-state index in [0.717, 1.165) is 25.7 Å². The lowest BCUT2D eigenvalue weighted by Crippen LogP contribution is -2.41. The van der Waals surface area contributed by atoms with Gasteiger partial charge in [-0.1, -0.05) is 26.7 Å². The molecular weight excluding hydrogens is 288 g/mol. The smallest absolute Gasteiger partial charge is 0.239 e. The molecule has 0 aliphatic heterocycles. The van der Waals surface area contributed by atoms with Crippen LogP contribution in [0.5, 0.6) is 0 Å². The fourth-order valence-corrected chi connectivity index (χ4v) is 2.02. The van der Waals surface area contributed by atoms with Crippen LogP contribution in [0.15, 0.2) is 0 Å². The van der Waals surface area contributed by atoms with E-state index in [4.69, 9.17) is 4.74 Å². The molecule has 5 nitrogen and oxygen atoms in total. The Balaban J connectivity index is 4.43. The Kier molecular flexibility index (Phi) is 12.5. The molecule has 1 N–H and O–H groups in total. The number of hydrogen-bond acceptors (Lipinski definition) is 4. The molecule has 0 radical (unpaired) electrons. The Hall–Kier alpha value is -0.750. The fraction of sp³-hybridized carbons (Fsp3) is 0.867. The van der Waals surface area contributed by atoms with Gasteiger partial charge in [0.15, 0.2) is 0 Å². The van der Waals surface area contributed by atoms with Gasteiger partial charge in [0.05, 0.1) is 19.1 Å². The predicted octanol–water partition coefficient (Wildman–Crippen LogP) is 1.87. The maximum atomic E-state index is 12.3. The van der Waals surface area contributed by atoms with Crippen LogP contribution in [0.2, 0.25) is 0 Å². The van der Waals surface area contributed by atoms with E-state index in [0.29, 0.717) is 18.9 Å². The van der Waals surface area contributed by atoms with Gasteiger partial charge in [0.25, 0.3) is 0 Å². The minimum atomic E-state index is -0.179. The second kappa shape index (κ2) is 13.0. The van der Waals surface area contributed by atoms with Gasteiger partial charge in [-0.3, -0.25) is 9.59 Å². The monoisotopic (exact) mass is 318 g/mol. The van der Waals surface area contributed by atoms with Crippen molar-refractivity contribution in [1.82, 2.24) is 10.2 Å². The predicted molar refractivity (Wildman–Crippen MR) is 88.7 cm³/mol. The first kappa shape index (κ1) is 20.2. The van der Waals surface area contributed by atoms with Crippen molar-refractivity contribution in [3.63, 3.8) is 0 Å². The van der Waals surface area contributed by atoms with Crippen molar-refractivity contribution in [2.45, 2.75) is 52.1 Å². The zero-order valence-corrected chi connectivity index (χ0v) is 14.5. The largest absolute Gasteiger partial charge is 0.377 e. The summed E-state index contributed by atoms with van der Waals surface area (Å²) in [6, 6.07) is 0. The van der Waals surface area contributed by atoms with Crippen molar-refractivity contribution < 1.29 is 14.3 Å². The number of carbonyl (C=O) groups is 2. The van der Waals surface area contributed by atoms with Gasteiger partial charge in [-0.15, -0.1) is 0 Å². The van der Waals surface area contributed by atoms with E-state index in [1.165, 1.54) is 0 Å². The van der Waals surface area contributed by atoms with Crippen LogP contribution in [0.25, 0.3) is 0 Å². The van der Waals surface area contributed by atoms with Gasteiger partial charge >= 0.3 is 0 Å². The molecule has 0 aromatic rings. The molecule has 21 heavy (non-hydrogen) atoms. The standard InChI is InChI=1S/C15H30N2O3S/c1-4-6-8-17(11-14(18)16-3)15(19)10-13(12-21)20-9-7-5-2/h13,21H,4-12H2,1-3H3,(H,16,18)/t13-/m1/s1. The molecule has 0 spiro atoms. The van der Waals surface area contributed by atoms with Gasteiger partial charge in [0, 0.05) is 26.0 Å². The molecule has 0 aliphatic rings. The second-order valence-corrected chi connectivity index (χ2v) is 5.44. The number of likely N-dealkylation sites (N-methyl/N-ethyl adjacent to an activating group) is 1. The molecule has 0 unspecified atom stereocenters. The first-order valence-electron chi connectivity index (χ1n) is 7.79. The minimum Gasteiger partial charge on any atom is -0.377 e. The Labute approximate surface area is 134 Å². The molecule has 1 atom stereocenters. The molecule has 0 fully saturated rings. The molecule has 0 rings (SSSR count). The summed E-state index contributed by atoms with van der Waals surface area (Å²) in [6.07, 6.45) is 4.03. The van der Waals surface area contributed by atoms with Gasteiger partial charge in [-0.25, -0.2) is 0 Å². The van der Waals surface area contributed by atoms with Crippen LogP contribution in [0.1, 0.15) is 46.0 Å². The molecule has 0 aliphatic carbocycles. The van der Waals surface area contributed by atoms with Crippen LogP contribution >= 0.6 is 12.6 Å². The molecule has 0 bridgehead atoms. The van der Waals surface area contributed by atoms with Crippen molar-refractivity contribution in [2.75, 3.05) is 32.5 Å². The van der Waals surface area contributed by atoms with E-state index >= 15 is 0 Å². The number of ether oxygens (including phenoxy) is 1. The third kappa shape index (κ3) is 9.74. The Morgan fingerprint density at radius 1 is 1.24 bits per heavy atom. The summed E-state index contributed by atoms with van der Waals surface area (Å²) in [4.78, 5) is 25.5. The third-order valence-electron chi connectivity index (χ3n) is 3.20. The summed E-state index contributed by atoms with van der Waals surface area (Å²) in [5, 5.41) is 2.56. The Bertz CT molecular complexity index is 301. The first-order valence-corrected chi connectivity index (χ1v) is 8.43. The normalized spacial score (nSPS) is 12.0. The molecule has 6 heteroatoms. The van der Waals surface area contributed by atoms with Crippen molar-refractivity contribution in [3.8, 4) is 0 Å². The Morgan fingerprint density at radius 3 is 2.43 bits per heavy atom. The molecule has 2 amide bonds. The highest BCUT2D eigenvalue weighted by atomic mass is 32.1. The van der Waals surface area contributed by atoms with E-state index in [-0.39, 0.29) is 30.9 Å². The fourth-order valence-electron chi connectivity index (χ4n) is 1.79. The number of thiol groups is 1. The van der Waals surface area contributed by atoms with Crippen LogP contribution in [0, 0.1) is 0 Å². The van der Waals surface area contributed by atoms with Crippen LogP contribution < -0.4 is 5.32 Å². The summed E-state index contributed by atoms with van der Waals surface area (Å²) in [7, 11) is 1.58. The summed E-state index contributed by atoms with van der Waals surface area (Å²) < 4.78 is 5.66. The van der Waals surface area contributed by atoms with Gasteiger partial charge in [0.1, 0.15) is 0 Å². The van der Waals surface area contributed by atoms with Gasteiger partial charge in [-0.05, 0) is 12.8 Å². The number of hydrogen-bond donors (Lipinski definition) is 2. The highest BCUT2D eigenvalue weighted by Crippen LogP contribution is 2.07. The third-order valence-corrected chi connectivity index (χ3v) is 3.61. The van der Waals surface area contributed by atoms with Crippen molar-refractivity contribution in [1.29, 1.82) is 0 Å². The summed E-state index contributed by atoms with van der Waals surface area (Å²) >= 11 is 4.24. The Morgan fingerprint density at radius 2 is 1.90 bits per heavy atom. The quantitative estimate of drug-likeness (QED) is 0.427. The summed E-state index contributed by atoms with van der Waals surface area (Å²) in [5.41, 5.74) is 0. The second-order valence-electron chi connectivity index (χ2n) is 5.08. The molecular formula is C15H30N2O3S. The zero-order valence-electron chi connectivity index (χ0n) is 13.6. The number of carbonyl (C=O) groups excluding carboxylic acids is 2. The lowest BCUT2D eigenvalue weighted by Gasteiger charge is -2.24. The van der Waals surface area contributed by atoms with Crippen LogP contribution in [0.4, 0.5) is 0 Å². The molecule has 124 valence electrons. The summed E-state index contributed by atoms with van der Waals surface area (Å²) in [5.74, 6) is 0.327. The van der Waals surface area contributed by atoms with Crippen molar-refractivity contribution in [2.24, 2.45) is 0 Å². The average Bonchev–Trinajstić information content (AvgIpc) is 2.49. The maximum Gasteiger partial charge on any atom is 0.239 e. The van der Waals surface area contributed by atoms with E-state index in [1.54, 1.807) is 11.9 Å². The molecule has 0 aromatic heterocycles. The molecule has 0 aromatic carbocycles. The number of unbranched alkanes of at least 4 members (excludes halogenated alkanes) is 2. The lowest BCUT2D eigenvalue weighted by atomic mass is 10.2. The highest BCUT2D eigenvalue weighted by molar-refractivity contribution is 7.80. The molecule has 0 saturated heterocycles. The maximum absolute atomic E-state index is 12.3. The van der Waals surface area contributed by atoms with E-state index in [9.17, 15) is 9.59 Å². The van der Waals surface area contributed by atoms with Crippen molar-refractivity contribution in [3.05, 3.63) is 0 Å². The molecule has 0 heterocycles. The average molecular weight is 318 g/mol. The van der Waals surface area contributed by atoms with Crippen LogP contribution in [-0.2, 0) is 14.3 Å². The van der Waals surface area contributed by atoms with Gasteiger partial charge in [0.2, 0.25) is 11.8 Å². The number of nitrogens with one attached hydrogen (secondary N) is 1. The van der Waals surface area contributed by atoms with Gasteiger partial charge < -0.3 is 15.0 Å². The first-order chi connectivity index (χ1) is 10.1. The highest BCUT2D eigenvalue weighted by Gasteiger charge is 2.20. The molecule has 0 saturated carbocycles. The van der Waals surface area contributed by atoms with Crippen LogP contribution in [-0.4, -0.2) is 55.3 Å². The zero-order chi connectivity index (χ0) is 16.1. The van der Waals surface area contributed by atoms with Crippen LogP contribution in [0.3, 0.4) is 0 Å². The topological polar surface area (TPSA) is 58.6 Å². The SMILES string of the molecule is CCCCO[C@@H](CS)CC(=O)N(CCCC)CC(=O)NC. The number of nitrogens with zero attached hydrogens (tertiary/aromatic N) is 1. The van der Waals surface area contributed by atoms with E-state index in [1.807, 2.05) is 0 Å². The van der Waals surface area contributed by atoms with E-state index < -0.39 is 0 Å². The number of amides is 2. The number of rotatable bonds is 12. The minimum absolute atomic E-state index is 0.0393. The van der Waals surface area contributed by atoms with E-state index in [2.05, 4.69) is 31.8 Å². The van der Waals surface area contributed by atoms with Gasteiger partial charge in [-0.2, -0.15) is 12.6 Å².